The molecule has 1 atom stereocenters. The summed E-state index contributed by atoms with van der Waals surface area (Å²) in [5, 5.41) is 6.27. The fourth-order valence-corrected chi connectivity index (χ4v) is 4.01. The molecule has 9 heteroatoms. The lowest BCUT2D eigenvalue weighted by atomic mass is 10.0. The van der Waals surface area contributed by atoms with Crippen molar-refractivity contribution in [3.8, 4) is 11.4 Å². The van der Waals surface area contributed by atoms with Crippen molar-refractivity contribution < 1.29 is 19.1 Å². The Labute approximate surface area is 173 Å². The van der Waals surface area contributed by atoms with E-state index < -0.39 is 5.97 Å². The maximum atomic E-state index is 12.5. The van der Waals surface area contributed by atoms with Crippen LogP contribution in [0.15, 0.2) is 53.1 Å². The highest BCUT2D eigenvalue weighted by atomic mass is 32.2. The maximum Gasteiger partial charge on any atom is 0.337 e. The molecule has 3 rings (SSSR count). The number of ether oxygens (including phenoxy) is 2. The van der Waals surface area contributed by atoms with E-state index in [0.29, 0.717) is 23.4 Å². The Balaban J connectivity index is 1.86. The van der Waals surface area contributed by atoms with Crippen molar-refractivity contribution in [2.45, 2.75) is 31.5 Å². The number of nitrogens with one attached hydrogen (secondary N) is 2. The highest BCUT2D eigenvalue weighted by Crippen LogP contribution is 2.27. The van der Waals surface area contributed by atoms with Crippen LogP contribution in [0.1, 0.15) is 20.3 Å². The summed E-state index contributed by atoms with van der Waals surface area (Å²) < 4.78 is 12.4. The number of amides is 2. The normalized spacial score (nSPS) is 16.2. The second-order valence-electron chi connectivity index (χ2n) is 6.24. The number of carbonyl (C=O) groups excluding carboxylic acids is 2. The molecule has 154 valence electrons. The molecule has 2 aromatic rings. The summed E-state index contributed by atoms with van der Waals surface area (Å²) in [5.41, 5.74) is 1.91. The molecule has 8 nitrogen and oxygen atoms in total. The van der Waals surface area contributed by atoms with E-state index in [0.717, 1.165) is 16.6 Å². The van der Waals surface area contributed by atoms with Gasteiger partial charge in [-0.25, -0.2) is 14.6 Å². The van der Waals surface area contributed by atoms with Crippen molar-refractivity contribution in [3.63, 3.8) is 0 Å². The van der Waals surface area contributed by atoms with Gasteiger partial charge in [-0.15, -0.1) is 0 Å². The van der Waals surface area contributed by atoms with Gasteiger partial charge in [-0.3, -0.25) is 4.57 Å². The predicted molar refractivity (Wildman–Crippen MR) is 110 cm³/mol. The lowest BCUT2D eigenvalue weighted by Gasteiger charge is -2.28. The summed E-state index contributed by atoms with van der Waals surface area (Å²) in [6.07, 6.45) is 4.15. The first kappa shape index (κ1) is 20.8. The smallest absolute Gasteiger partial charge is 0.337 e. The molecule has 1 aliphatic rings. The van der Waals surface area contributed by atoms with Gasteiger partial charge in [-0.05, 0) is 25.5 Å². The first-order chi connectivity index (χ1) is 14.1. The van der Waals surface area contributed by atoms with Crippen LogP contribution in [0.2, 0.25) is 0 Å². The maximum absolute atomic E-state index is 12.5. The first-order valence-corrected chi connectivity index (χ1v) is 10.3. The molecular formula is C20H24N4O4S. The third-order valence-corrected chi connectivity index (χ3v) is 5.42. The number of hydrogen-bond acceptors (Lipinski definition) is 6. The Hall–Kier alpha value is -2.94. The number of thioether (sulfide) groups is 1. The predicted octanol–water partition coefficient (Wildman–Crippen LogP) is 2.88. The van der Waals surface area contributed by atoms with Gasteiger partial charge < -0.3 is 20.1 Å². The molecule has 2 N–H and O–H groups in total. The molecule has 1 aliphatic heterocycles. The molecule has 29 heavy (non-hydrogen) atoms. The van der Waals surface area contributed by atoms with Crippen LogP contribution in [0.4, 0.5) is 4.79 Å². The number of carbonyl (C=O) groups is 2. The Morgan fingerprint density at radius 2 is 2.17 bits per heavy atom. The molecule has 1 aromatic carbocycles. The van der Waals surface area contributed by atoms with Gasteiger partial charge in [-0.2, -0.15) is 0 Å². The Kier molecular flexibility index (Phi) is 6.82. The summed E-state index contributed by atoms with van der Waals surface area (Å²) >= 11 is 1.43. The van der Waals surface area contributed by atoms with Crippen LogP contribution in [0.5, 0.6) is 5.75 Å². The van der Waals surface area contributed by atoms with Crippen molar-refractivity contribution in [1.82, 2.24) is 20.2 Å². The summed E-state index contributed by atoms with van der Waals surface area (Å²) in [5.74, 6) is 0.702. The second-order valence-corrected chi connectivity index (χ2v) is 7.18. The SMILES string of the molecule is CCOC(=O)C1=C(CSc2nccn2-c2cccc(OC)c2)NC(=O)NC1CC. The second kappa shape index (κ2) is 9.51. The lowest BCUT2D eigenvalue weighted by Crippen LogP contribution is -2.50. The van der Waals surface area contributed by atoms with E-state index in [9.17, 15) is 9.59 Å². The van der Waals surface area contributed by atoms with Gasteiger partial charge in [0, 0.05) is 29.9 Å². The van der Waals surface area contributed by atoms with Crippen LogP contribution in [-0.4, -0.2) is 47.1 Å². The standard InChI is InChI=1S/C20H24N4O4S/c1-4-15-17(18(25)28-5-2)16(23-19(26)22-15)12-29-20-21-9-10-24(20)13-7-6-8-14(11-13)27-3/h6-11,15H,4-5,12H2,1-3H3,(H2,22,23,26). The quantitative estimate of drug-likeness (QED) is 0.508. The number of imidazole rings is 1. The van der Waals surface area contributed by atoms with Gasteiger partial charge in [0.05, 0.1) is 31.0 Å². The molecule has 0 saturated carbocycles. The largest absolute Gasteiger partial charge is 0.497 e. The molecule has 1 unspecified atom stereocenters. The number of rotatable bonds is 8. The van der Waals surface area contributed by atoms with Gasteiger partial charge in [0.15, 0.2) is 5.16 Å². The van der Waals surface area contributed by atoms with E-state index in [-0.39, 0.29) is 18.7 Å². The van der Waals surface area contributed by atoms with Gasteiger partial charge in [-0.1, -0.05) is 24.8 Å². The van der Waals surface area contributed by atoms with E-state index in [1.54, 1.807) is 20.2 Å². The van der Waals surface area contributed by atoms with Crippen molar-refractivity contribution in [1.29, 1.82) is 0 Å². The van der Waals surface area contributed by atoms with Crippen LogP contribution < -0.4 is 15.4 Å². The van der Waals surface area contributed by atoms with Crippen molar-refractivity contribution in [2.75, 3.05) is 19.5 Å². The number of methoxy groups -OCH3 is 1. The molecule has 2 amide bonds. The van der Waals surface area contributed by atoms with Crippen molar-refractivity contribution >= 4 is 23.8 Å². The third kappa shape index (κ3) is 4.73. The van der Waals surface area contributed by atoms with Crippen LogP contribution in [0.3, 0.4) is 0 Å². The molecule has 1 aromatic heterocycles. The Morgan fingerprint density at radius 3 is 2.90 bits per heavy atom. The summed E-state index contributed by atoms with van der Waals surface area (Å²) in [7, 11) is 1.62. The minimum Gasteiger partial charge on any atom is -0.497 e. The van der Waals surface area contributed by atoms with E-state index >= 15 is 0 Å². The topological polar surface area (TPSA) is 94.5 Å². The molecule has 0 bridgehead atoms. The average molecular weight is 417 g/mol. The van der Waals surface area contributed by atoms with Gasteiger partial charge in [0.1, 0.15) is 5.75 Å². The average Bonchev–Trinajstić information content (AvgIpc) is 3.20. The van der Waals surface area contributed by atoms with Crippen LogP contribution in [-0.2, 0) is 9.53 Å². The van der Waals surface area contributed by atoms with E-state index in [4.69, 9.17) is 9.47 Å². The Morgan fingerprint density at radius 1 is 1.34 bits per heavy atom. The minimum atomic E-state index is -0.418. The van der Waals surface area contributed by atoms with Gasteiger partial charge >= 0.3 is 12.0 Å². The van der Waals surface area contributed by atoms with Crippen LogP contribution in [0.25, 0.3) is 5.69 Å². The zero-order valence-electron chi connectivity index (χ0n) is 16.6. The number of esters is 1. The van der Waals surface area contributed by atoms with E-state index in [1.165, 1.54) is 11.8 Å². The third-order valence-electron chi connectivity index (χ3n) is 4.43. The first-order valence-electron chi connectivity index (χ1n) is 9.35. The number of aromatic nitrogens is 2. The number of urea groups is 1. The fourth-order valence-electron chi connectivity index (χ4n) is 3.07. The molecule has 0 fully saturated rings. The zero-order chi connectivity index (χ0) is 20.8. The van der Waals surface area contributed by atoms with Gasteiger partial charge in [0.25, 0.3) is 0 Å². The zero-order valence-corrected chi connectivity index (χ0v) is 17.4. The summed E-state index contributed by atoms with van der Waals surface area (Å²) in [4.78, 5) is 28.9. The molecule has 0 aliphatic carbocycles. The molecular weight excluding hydrogens is 392 g/mol. The van der Waals surface area contributed by atoms with Crippen LogP contribution in [0, 0.1) is 0 Å². The van der Waals surface area contributed by atoms with Gasteiger partial charge in [0.2, 0.25) is 0 Å². The fraction of sp³-hybridized carbons (Fsp3) is 0.350. The molecule has 0 radical (unpaired) electrons. The highest BCUT2D eigenvalue weighted by Gasteiger charge is 2.31. The van der Waals surface area contributed by atoms with E-state index in [1.807, 2.05) is 42.0 Å². The monoisotopic (exact) mass is 416 g/mol. The van der Waals surface area contributed by atoms with Crippen molar-refractivity contribution in [2.24, 2.45) is 0 Å². The van der Waals surface area contributed by atoms with Crippen molar-refractivity contribution in [3.05, 3.63) is 47.9 Å². The Bertz CT molecular complexity index is 925. The van der Waals surface area contributed by atoms with E-state index in [2.05, 4.69) is 15.6 Å². The summed E-state index contributed by atoms with van der Waals surface area (Å²) in [6.45, 7) is 3.94. The highest BCUT2D eigenvalue weighted by molar-refractivity contribution is 7.99. The summed E-state index contributed by atoms with van der Waals surface area (Å²) in [6, 6.07) is 6.95. The lowest BCUT2D eigenvalue weighted by molar-refractivity contribution is -0.139. The molecule has 2 heterocycles. The number of hydrogen-bond donors (Lipinski definition) is 2. The number of nitrogens with zero attached hydrogens (tertiary/aromatic N) is 2. The molecule has 0 spiro atoms. The number of benzene rings is 1. The molecule has 0 saturated heterocycles. The minimum absolute atomic E-state index is 0.271. The van der Waals surface area contributed by atoms with Crippen LogP contribution >= 0.6 is 11.8 Å².